The lowest BCUT2D eigenvalue weighted by Gasteiger charge is -2.06. The van der Waals surface area contributed by atoms with E-state index in [1.54, 1.807) is 30.3 Å². The molecule has 176 valence electrons. The summed E-state index contributed by atoms with van der Waals surface area (Å²) < 4.78 is 29.1. The summed E-state index contributed by atoms with van der Waals surface area (Å²) in [6.45, 7) is 2.57. The van der Waals surface area contributed by atoms with E-state index in [4.69, 9.17) is 4.18 Å². The largest absolute Gasteiger partial charge is 0.296 e. The Morgan fingerprint density at radius 3 is 1.32 bits per heavy atom. The Labute approximate surface area is 209 Å². The van der Waals surface area contributed by atoms with Gasteiger partial charge in [0.2, 0.25) is 0 Å². The van der Waals surface area contributed by atoms with Crippen LogP contribution in [0.2, 0.25) is 0 Å². The van der Waals surface area contributed by atoms with Crippen LogP contribution in [0.1, 0.15) is 122 Å². The lowest BCUT2D eigenvalue weighted by atomic mass is 10.0. The smallest absolute Gasteiger partial charge is 0.266 e. The minimum absolute atomic E-state index is 0. The molecule has 0 aromatic heterocycles. The van der Waals surface area contributed by atoms with Crippen molar-refractivity contribution in [3.8, 4) is 0 Å². The van der Waals surface area contributed by atoms with Crippen molar-refractivity contribution in [3.63, 3.8) is 0 Å². The minimum atomic E-state index is -3.58. The van der Waals surface area contributed by atoms with Crippen LogP contribution in [-0.2, 0) is 14.3 Å². The summed E-state index contributed by atoms with van der Waals surface area (Å²) in [4.78, 5) is 0.243. The molecule has 0 aliphatic carbocycles. The topological polar surface area (TPSA) is 43.4 Å². The van der Waals surface area contributed by atoms with Gasteiger partial charge in [0.25, 0.3) is 10.1 Å². The molecule has 2 radical (unpaired) electrons. The third-order valence-electron chi connectivity index (χ3n) is 5.77. The predicted octanol–water partition coefficient (Wildman–Crippen LogP) is 8.05. The molecule has 0 heterocycles. The Bertz CT molecular complexity index is 590. The van der Waals surface area contributed by atoms with Gasteiger partial charge in [-0.05, 0) is 18.6 Å². The zero-order valence-electron chi connectivity index (χ0n) is 20.2. The van der Waals surface area contributed by atoms with Crippen LogP contribution >= 0.6 is 0 Å². The van der Waals surface area contributed by atoms with Crippen molar-refractivity contribution < 1.29 is 12.6 Å². The van der Waals surface area contributed by atoms with Crippen LogP contribution in [0.25, 0.3) is 0 Å². The van der Waals surface area contributed by atoms with Crippen LogP contribution in [0.15, 0.2) is 35.2 Å². The van der Waals surface area contributed by atoms with Crippen molar-refractivity contribution in [1.82, 2.24) is 0 Å². The maximum atomic E-state index is 12.0. The van der Waals surface area contributed by atoms with Crippen LogP contribution < -0.4 is 0 Å². The normalized spacial score (nSPS) is 11.4. The van der Waals surface area contributed by atoms with Crippen molar-refractivity contribution in [2.45, 2.75) is 127 Å². The molecule has 0 aliphatic rings. The van der Waals surface area contributed by atoms with E-state index in [2.05, 4.69) is 6.92 Å². The van der Waals surface area contributed by atoms with Crippen molar-refractivity contribution in [2.75, 3.05) is 6.61 Å². The fourth-order valence-electron chi connectivity index (χ4n) is 3.83. The molecule has 3 nitrogen and oxygen atoms in total. The maximum absolute atomic E-state index is 12.0. The van der Waals surface area contributed by atoms with E-state index >= 15 is 0 Å². The standard InChI is InChI=1S/C26H46O3S.Mg/c1-2-3-4-5-6-7-8-9-10-11-12-13-14-15-16-17-18-22-25-29-30(27,28)26-23-20-19-21-24-26;/h19-21,23-24H,2-18,22,25H2,1H3;. The Balaban J connectivity index is 0.00000900. The first-order chi connectivity index (χ1) is 14.7. The monoisotopic (exact) mass is 462 g/mol. The van der Waals surface area contributed by atoms with Gasteiger partial charge in [0.1, 0.15) is 0 Å². The van der Waals surface area contributed by atoms with Crippen molar-refractivity contribution in [2.24, 2.45) is 0 Å². The lowest BCUT2D eigenvalue weighted by Crippen LogP contribution is -2.07. The molecule has 31 heavy (non-hydrogen) atoms. The Hall–Kier alpha value is -0.104. The second-order valence-electron chi connectivity index (χ2n) is 8.60. The molecule has 0 aliphatic heterocycles. The quantitative estimate of drug-likeness (QED) is 0.105. The van der Waals surface area contributed by atoms with Gasteiger partial charge >= 0.3 is 0 Å². The number of hydrogen-bond donors (Lipinski definition) is 0. The van der Waals surface area contributed by atoms with Crippen LogP contribution in [0.4, 0.5) is 0 Å². The molecule has 0 unspecified atom stereocenters. The SMILES string of the molecule is CCCCCCCCCCCCCCCCCCCCOS(=O)(=O)c1ccccc1.[Mg]. The predicted molar refractivity (Wildman–Crippen MR) is 134 cm³/mol. The van der Waals surface area contributed by atoms with Gasteiger partial charge in [-0.25, -0.2) is 0 Å². The second kappa shape index (κ2) is 21.7. The minimum Gasteiger partial charge on any atom is -0.266 e. The van der Waals surface area contributed by atoms with Gasteiger partial charge in [-0.2, -0.15) is 8.42 Å². The molecule has 1 rings (SSSR count). The number of benzene rings is 1. The van der Waals surface area contributed by atoms with Crippen LogP contribution in [-0.4, -0.2) is 38.1 Å². The Morgan fingerprint density at radius 1 is 0.581 bits per heavy atom. The molecule has 1 aromatic carbocycles. The fraction of sp³-hybridized carbons (Fsp3) is 0.769. The molecule has 0 spiro atoms. The van der Waals surface area contributed by atoms with Crippen molar-refractivity contribution >= 4 is 33.2 Å². The first kappa shape index (κ1) is 30.9. The first-order valence-electron chi connectivity index (χ1n) is 12.6. The molecular weight excluding hydrogens is 417 g/mol. The molecule has 1 aromatic rings. The molecule has 0 fully saturated rings. The number of unbranched alkanes of at least 4 members (excludes halogenated alkanes) is 17. The van der Waals surface area contributed by atoms with Gasteiger partial charge in [-0.15, -0.1) is 0 Å². The Kier molecular flexibility index (Phi) is 21.7. The number of hydrogen-bond acceptors (Lipinski definition) is 3. The van der Waals surface area contributed by atoms with Crippen molar-refractivity contribution in [3.05, 3.63) is 30.3 Å². The summed E-state index contributed by atoms with van der Waals surface area (Å²) in [5.74, 6) is 0. The van der Waals surface area contributed by atoms with Gasteiger partial charge in [0, 0.05) is 23.1 Å². The van der Waals surface area contributed by atoms with E-state index in [-0.39, 0.29) is 34.6 Å². The summed E-state index contributed by atoms with van der Waals surface area (Å²) in [5, 5.41) is 0. The van der Waals surface area contributed by atoms with E-state index in [1.165, 1.54) is 103 Å². The fourth-order valence-corrected chi connectivity index (χ4v) is 4.79. The highest BCUT2D eigenvalue weighted by Gasteiger charge is 2.13. The average Bonchev–Trinajstić information content (AvgIpc) is 2.76. The molecule has 5 heteroatoms. The molecule has 0 saturated heterocycles. The van der Waals surface area contributed by atoms with E-state index in [0.717, 1.165) is 12.8 Å². The van der Waals surface area contributed by atoms with Gasteiger partial charge in [-0.3, -0.25) is 4.18 Å². The van der Waals surface area contributed by atoms with Gasteiger partial charge in [-0.1, -0.05) is 134 Å². The summed E-state index contributed by atoms with van der Waals surface area (Å²) in [6.07, 6.45) is 23.9. The second-order valence-corrected chi connectivity index (χ2v) is 10.2. The summed E-state index contributed by atoms with van der Waals surface area (Å²) in [7, 11) is -3.58. The summed E-state index contributed by atoms with van der Waals surface area (Å²) in [5.41, 5.74) is 0. The summed E-state index contributed by atoms with van der Waals surface area (Å²) >= 11 is 0. The van der Waals surface area contributed by atoms with E-state index in [1.807, 2.05) is 0 Å². The highest BCUT2D eigenvalue weighted by atomic mass is 32.2. The molecule has 0 bridgehead atoms. The third-order valence-corrected chi connectivity index (χ3v) is 7.09. The van der Waals surface area contributed by atoms with E-state index in [0.29, 0.717) is 0 Å². The first-order valence-corrected chi connectivity index (χ1v) is 14.0. The molecule has 0 atom stereocenters. The maximum Gasteiger partial charge on any atom is 0.296 e. The molecule has 0 N–H and O–H groups in total. The van der Waals surface area contributed by atoms with Gasteiger partial charge < -0.3 is 0 Å². The molecule has 0 amide bonds. The van der Waals surface area contributed by atoms with Crippen LogP contribution in [0.5, 0.6) is 0 Å². The number of rotatable bonds is 21. The average molecular weight is 463 g/mol. The van der Waals surface area contributed by atoms with E-state index in [9.17, 15) is 8.42 Å². The van der Waals surface area contributed by atoms with Crippen molar-refractivity contribution in [1.29, 1.82) is 0 Å². The highest BCUT2D eigenvalue weighted by molar-refractivity contribution is 7.86. The van der Waals surface area contributed by atoms with E-state index < -0.39 is 10.1 Å². The zero-order chi connectivity index (χ0) is 21.8. The molecular formula is C26H46MgO3S. The van der Waals surface area contributed by atoms with Gasteiger partial charge in [0.15, 0.2) is 0 Å². The third kappa shape index (κ3) is 18.1. The highest BCUT2D eigenvalue weighted by Crippen LogP contribution is 2.15. The lowest BCUT2D eigenvalue weighted by molar-refractivity contribution is 0.306. The molecule has 0 saturated carbocycles. The zero-order valence-corrected chi connectivity index (χ0v) is 22.4. The van der Waals surface area contributed by atoms with Crippen LogP contribution in [0, 0.1) is 0 Å². The van der Waals surface area contributed by atoms with Gasteiger partial charge in [0.05, 0.1) is 11.5 Å². The summed E-state index contributed by atoms with van der Waals surface area (Å²) in [6, 6.07) is 8.38. The Morgan fingerprint density at radius 2 is 0.935 bits per heavy atom. The van der Waals surface area contributed by atoms with Crippen LogP contribution in [0.3, 0.4) is 0 Å².